The molecule has 3 aromatic heterocycles. The molecule has 8 bridgehead atoms. The molecule has 80 heavy (non-hydrogen) atoms. The van der Waals surface area contributed by atoms with Gasteiger partial charge in [-0.2, -0.15) is 0 Å². The van der Waals surface area contributed by atoms with E-state index in [4.69, 9.17) is 29.9 Å². The van der Waals surface area contributed by atoms with E-state index in [1.54, 1.807) is 47.0 Å². The smallest absolute Gasteiger partial charge is 0.164 e. The average Bonchev–Trinajstić information content (AvgIpc) is 4.23. The summed E-state index contributed by atoms with van der Waals surface area (Å²) in [5.74, 6) is 2.17. The maximum Gasteiger partial charge on any atom is 0.164 e. The van der Waals surface area contributed by atoms with Gasteiger partial charge in [0, 0.05) is 162 Å². The lowest BCUT2D eigenvalue weighted by Gasteiger charge is -2.13. The van der Waals surface area contributed by atoms with Gasteiger partial charge in [-0.05, 0) is 146 Å². The molecule has 12 nitrogen and oxygen atoms in total. The molecule has 16 heteroatoms. The molecule has 0 unspecified atom stereocenters. The third-order valence-corrected chi connectivity index (χ3v) is 17.9. The highest BCUT2D eigenvalue weighted by Gasteiger charge is 2.24. The standard InChI is InChI=1S/C64H54N12S4/c1-73(2)37-13-9-17-41(29-37)77-45-21-25-49-53(33-45)61-65-57(49)70-62-55-35-47(79-43-19-11-15-39(31-43)75(5)6)23-27-51(55)59(67-62)72-64-56-36-48(80-44-20-12-16-40(32-44)76(7)8)24-28-52(56)60(68-64)71-63-54-34-46(22-26-50(54)58(66-63)69-61)78-42-18-10-14-38(30-42)74(3)4/h9-36H,1-8H3,(H2,65,66,67,68,69,70,71,72). The molecule has 13 rings (SSSR count). The van der Waals surface area contributed by atoms with Crippen molar-refractivity contribution in [1.29, 1.82) is 0 Å². The summed E-state index contributed by atoms with van der Waals surface area (Å²) >= 11 is 6.83. The van der Waals surface area contributed by atoms with Crippen LogP contribution in [-0.2, 0) is 0 Å². The molecule has 0 spiro atoms. The SMILES string of the molecule is CN(C)c1cccc(Sc2ccc3c(c2)-c2nc-3nc3[nH]c(nc4nc(nc5[nH]c(n2)c2ccc(Sc6cccc(N(C)C)c6)cc52)-c2ccc(Sc5cccc(N(C)C)c5)cc2-4)c2ccc(Sc4cccc(N(C)C)c4)cc32)c1. The summed E-state index contributed by atoms with van der Waals surface area (Å²) < 4.78 is 0. The Morgan fingerprint density at radius 2 is 0.537 bits per heavy atom. The number of nitrogens with zero attached hydrogens (tertiary/aromatic N) is 10. The summed E-state index contributed by atoms with van der Waals surface area (Å²) in [6, 6.07) is 60.2. The summed E-state index contributed by atoms with van der Waals surface area (Å²) in [6.07, 6.45) is 0. The Morgan fingerprint density at radius 3 is 0.863 bits per heavy atom. The second kappa shape index (κ2) is 21.1. The van der Waals surface area contributed by atoms with Crippen LogP contribution in [0.25, 0.3) is 89.7 Å². The van der Waals surface area contributed by atoms with Crippen molar-refractivity contribution in [2.75, 3.05) is 76.0 Å². The minimum absolute atomic E-state index is 0.544. The number of hydrogen-bond acceptors (Lipinski definition) is 14. The zero-order chi connectivity index (χ0) is 54.8. The second-order valence-corrected chi connectivity index (χ2v) is 25.0. The molecule has 2 N–H and O–H groups in total. The number of H-pyrrole nitrogens is 2. The van der Waals surface area contributed by atoms with Gasteiger partial charge in [0.25, 0.3) is 0 Å². The van der Waals surface area contributed by atoms with Crippen LogP contribution in [0, 0.1) is 0 Å². The van der Waals surface area contributed by atoms with Gasteiger partial charge < -0.3 is 29.6 Å². The topological polar surface area (TPSA) is 122 Å². The van der Waals surface area contributed by atoms with Crippen LogP contribution in [0.15, 0.2) is 209 Å². The predicted molar refractivity (Wildman–Crippen MR) is 336 cm³/mol. The van der Waals surface area contributed by atoms with Crippen molar-refractivity contribution in [3.8, 4) is 45.6 Å². The van der Waals surface area contributed by atoms with E-state index in [1.807, 2.05) is 0 Å². The van der Waals surface area contributed by atoms with Crippen LogP contribution in [0.1, 0.15) is 0 Å². The van der Waals surface area contributed by atoms with Gasteiger partial charge in [0.1, 0.15) is 22.6 Å². The van der Waals surface area contributed by atoms with Gasteiger partial charge in [-0.25, -0.2) is 29.9 Å². The molecule has 0 atom stereocenters. The summed E-state index contributed by atoms with van der Waals surface area (Å²) in [6.45, 7) is 0. The van der Waals surface area contributed by atoms with Gasteiger partial charge in [-0.3, -0.25) is 0 Å². The fraction of sp³-hybridized carbons (Fsp3) is 0.125. The van der Waals surface area contributed by atoms with Gasteiger partial charge >= 0.3 is 0 Å². The molecule has 0 radical (unpaired) electrons. The lowest BCUT2D eigenvalue weighted by Crippen LogP contribution is -2.08. The molecule has 0 fully saturated rings. The highest BCUT2D eigenvalue weighted by Crippen LogP contribution is 2.43. The first-order valence-corrected chi connectivity index (χ1v) is 29.3. The highest BCUT2D eigenvalue weighted by molar-refractivity contribution is 8.00. The predicted octanol–water partition coefficient (Wildman–Crippen LogP) is 15.7. The third kappa shape index (κ3) is 10.2. The van der Waals surface area contributed by atoms with Crippen molar-refractivity contribution in [2.24, 2.45) is 0 Å². The van der Waals surface area contributed by atoms with Gasteiger partial charge in [-0.15, -0.1) is 0 Å². The van der Waals surface area contributed by atoms with E-state index in [2.05, 4.69) is 256 Å². The lowest BCUT2D eigenvalue weighted by atomic mass is 10.1. The molecule has 0 saturated carbocycles. The van der Waals surface area contributed by atoms with Crippen LogP contribution in [0.2, 0.25) is 0 Å². The van der Waals surface area contributed by atoms with E-state index < -0.39 is 0 Å². The molecule has 394 valence electrons. The zero-order valence-corrected chi connectivity index (χ0v) is 48.5. The third-order valence-electron chi connectivity index (χ3n) is 14.0. The van der Waals surface area contributed by atoms with Gasteiger partial charge in [0.15, 0.2) is 23.3 Å². The first kappa shape index (κ1) is 51.2. The number of aromatic nitrogens is 8. The van der Waals surface area contributed by atoms with E-state index in [0.29, 0.717) is 45.9 Å². The summed E-state index contributed by atoms with van der Waals surface area (Å²) in [4.78, 5) is 57.1. The van der Waals surface area contributed by atoms with Gasteiger partial charge in [-0.1, -0.05) is 71.3 Å². The number of anilines is 4. The summed E-state index contributed by atoms with van der Waals surface area (Å²) in [5, 5.41) is 3.62. The fourth-order valence-electron chi connectivity index (χ4n) is 9.81. The zero-order valence-electron chi connectivity index (χ0n) is 45.3. The normalized spacial score (nSPS) is 11.7. The van der Waals surface area contributed by atoms with Crippen LogP contribution in [0.4, 0.5) is 22.7 Å². The Morgan fingerprint density at radius 1 is 0.263 bits per heavy atom. The second-order valence-electron chi connectivity index (χ2n) is 20.4. The molecule has 0 amide bonds. The van der Waals surface area contributed by atoms with Crippen LogP contribution >= 0.6 is 47.0 Å². The Balaban J connectivity index is 1.05. The Hall–Kier alpha value is -8.28. The largest absolute Gasteiger partial charge is 0.378 e. The molecule has 11 aromatic rings. The van der Waals surface area contributed by atoms with Crippen LogP contribution < -0.4 is 19.6 Å². The summed E-state index contributed by atoms with van der Waals surface area (Å²) in [7, 11) is 16.5. The molecule has 2 aliphatic heterocycles. The number of aromatic amines is 2. The Kier molecular flexibility index (Phi) is 13.5. The Labute approximate surface area is 481 Å². The fourth-order valence-corrected chi connectivity index (χ4v) is 13.5. The molecule has 0 aliphatic carbocycles. The van der Waals surface area contributed by atoms with Crippen LogP contribution in [-0.4, -0.2) is 96.3 Å². The molecule has 5 heterocycles. The van der Waals surface area contributed by atoms with Crippen molar-refractivity contribution in [3.05, 3.63) is 170 Å². The maximum atomic E-state index is 5.45. The summed E-state index contributed by atoms with van der Waals surface area (Å²) in [5.41, 5.74) is 10.6. The van der Waals surface area contributed by atoms with Crippen molar-refractivity contribution >= 4 is 114 Å². The van der Waals surface area contributed by atoms with Crippen LogP contribution in [0.3, 0.4) is 0 Å². The first-order chi connectivity index (χ1) is 38.8. The van der Waals surface area contributed by atoms with Gasteiger partial charge in [0.05, 0.1) is 0 Å². The Bertz CT molecular complexity index is 4150. The number of nitrogens with one attached hydrogen (secondary N) is 2. The van der Waals surface area contributed by atoms with Crippen molar-refractivity contribution in [1.82, 2.24) is 39.9 Å². The van der Waals surface area contributed by atoms with Crippen molar-refractivity contribution < 1.29 is 0 Å². The molecule has 0 saturated heterocycles. The van der Waals surface area contributed by atoms with Crippen LogP contribution in [0.5, 0.6) is 0 Å². The van der Waals surface area contributed by atoms with E-state index in [-0.39, 0.29) is 0 Å². The van der Waals surface area contributed by atoms with Crippen molar-refractivity contribution in [2.45, 2.75) is 39.2 Å². The van der Waals surface area contributed by atoms with E-state index in [0.717, 1.165) is 106 Å². The monoisotopic (exact) mass is 1120 g/mol. The average molecular weight is 1120 g/mol. The van der Waals surface area contributed by atoms with E-state index in [9.17, 15) is 0 Å². The minimum Gasteiger partial charge on any atom is -0.378 e. The van der Waals surface area contributed by atoms with Crippen molar-refractivity contribution in [3.63, 3.8) is 0 Å². The number of rotatable bonds is 12. The number of hydrogen-bond donors (Lipinski definition) is 2. The quantitative estimate of drug-likeness (QED) is 0.121. The molecule has 2 aliphatic rings. The van der Waals surface area contributed by atoms with E-state index in [1.165, 1.54) is 0 Å². The molecular formula is C64H54N12S4. The lowest BCUT2D eigenvalue weighted by molar-refractivity contribution is 1.12. The minimum atomic E-state index is 0.544. The first-order valence-electron chi connectivity index (χ1n) is 26.0. The number of benzene rings is 8. The number of fused-ring (bicyclic) bond motifs is 20. The van der Waals surface area contributed by atoms with E-state index >= 15 is 0 Å². The highest BCUT2D eigenvalue weighted by atomic mass is 32.2. The molecule has 8 aromatic carbocycles. The van der Waals surface area contributed by atoms with Gasteiger partial charge in [0.2, 0.25) is 0 Å². The maximum absolute atomic E-state index is 5.45. The molecular weight excluding hydrogens is 1070 g/mol.